The van der Waals surface area contributed by atoms with Crippen molar-refractivity contribution in [3.8, 4) is 44.5 Å². The second-order valence-corrected chi connectivity index (χ2v) is 32.4. The molecule has 3 fully saturated rings. The van der Waals surface area contributed by atoms with Gasteiger partial charge < -0.3 is 29.4 Å². The largest absolute Gasteiger partial charge is 0.378 e. The molecule has 0 spiro atoms. The van der Waals surface area contributed by atoms with Crippen molar-refractivity contribution in [3.05, 3.63) is 223 Å². The molecular weight excluding hydrogens is 1190 g/mol. The molecule has 12 aromatic carbocycles. The Kier molecular flexibility index (Phi) is 13.5. The van der Waals surface area contributed by atoms with Gasteiger partial charge in [0.25, 0.3) is 0 Å². The van der Waals surface area contributed by atoms with Gasteiger partial charge >= 0.3 is 0 Å². The highest BCUT2D eigenvalue weighted by Gasteiger charge is 2.60. The molecule has 0 N–H and O–H groups in total. The monoisotopic (exact) mass is 1280 g/mol. The van der Waals surface area contributed by atoms with Crippen LogP contribution in [0.15, 0.2) is 206 Å². The van der Waals surface area contributed by atoms with Crippen LogP contribution in [0.2, 0.25) is 0 Å². The maximum Gasteiger partial charge on any atom is 0.0517 e. The summed E-state index contributed by atoms with van der Waals surface area (Å²) in [7, 11) is 12.9. The highest BCUT2D eigenvalue weighted by Crippen LogP contribution is 2.66. The lowest BCUT2D eigenvalue weighted by Crippen LogP contribution is -2.54. The van der Waals surface area contributed by atoms with Gasteiger partial charge in [-0.25, -0.2) is 0 Å². The lowest BCUT2D eigenvalue weighted by atomic mass is 9.61. The fourth-order valence-electron chi connectivity index (χ4n) is 21.0. The third-order valence-corrected chi connectivity index (χ3v) is 27.1. The molecule has 6 aliphatic rings. The molecular formula is C92H94N6. The minimum absolute atomic E-state index is 0.0612. The molecule has 3 saturated carbocycles. The van der Waals surface area contributed by atoms with Crippen molar-refractivity contribution >= 4 is 94.3 Å². The molecule has 3 aliphatic heterocycles. The Labute approximate surface area is 581 Å². The fourth-order valence-corrected chi connectivity index (χ4v) is 21.0. The summed E-state index contributed by atoms with van der Waals surface area (Å²) >= 11 is 0. The number of hydrogen-bond acceptors (Lipinski definition) is 6. The molecule has 0 aromatic heterocycles. The van der Waals surface area contributed by atoms with E-state index in [9.17, 15) is 0 Å². The van der Waals surface area contributed by atoms with Crippen LogP contribution in [0.1, 0.15) is 135 Å². The number of rotatable bonds is 10. The maximum atomic E-state index is 2.74. The minimum atomic E-state index is -0.0924. The SMILES string of the molecule is CN(C)c1ccc(N2c3ccc(-c4cc(-c5ccc6c(c5)C5(C)CCCCC5(C)N6c5ccc(N(C)C)cc5)c5ccc6c(-c7cccc8ccccc78)cc(-c7ccc8c(c7)C7(C)CCCCC7(C)N8c7ccc(N(C)C)cc7)c7ccc4c5c76)cc3C3(C)CCCCC23C)cc1. The summed E-state index contributed by atoms with van der Waals surface area (Å²) in [5.41, 5.74) is 25.8. The zero-order chi connectivity index (χ0) is 67.2. The zero-order valence-corrected chi connectivity index (χ0v) is 59.8. The third-order valence-electron chi connectivity index (χ3n) is 27.1. The molecule has 0 radical (unpaired) electrons. The van der Waals surface area contributed by atoms with E-state index in [1.165, 1.54) is 194 Å². The molecule has 0 amide bonds. The first-order valence-corrected chi connectivity index (χ1v) is 36.7. The summed E-state index contributed by atoms with van der Waals surface area (Å²) in [6.07, 6.45) is 14.3. The van der Waals surface area contributed by atoms with Crippen molar-refractivity contribution in [2.75, 3.05) is 71.7 Å². The van der Waals surface area contributed by atoms with E-state index >= 15 is 0 Å². The molecule has 12 aromatic rings. The molecule has 6 nitrogen and oxygen atoms in total. The first-order chi connectivity index (χ1) is 47.3. The maximum absolute atomic E-state index is 2.74. The molecule has 18 rings (SSSR count). The van der Waals surface area contributed by atoms with Crippen LogP contribution in [0.25, 0.3) is 87.6 Å². The van der Waals surface area contributed by atoms with Gasteiger partial charge in [-0.3, -0.25) is 0 Å². The lowest BCUT2D eigenvalue weighted by molar-refractivity contribution is 0.195. The summed E-state index contributed by atoms with van der Waals surface area (Å²) in [5.74, 6) is 0. The first kappa shape index (κ1) is 61.1. The summed E-state index contributed by atoms with van der Waals surface area (Å²) in [5, 5.41) is 10.5. The Balaban J connectivity index is 0.909. The van der Waals surface area contributed by atoms with Crippen LogP contribution >= 0.6 is 0 Å². The molecule has 98 heavy (non-hydrogen) atoms. The summed E-state index contributed by atoms with van der Waals surface area (Å²) in [4.78, 5) is 14.9. The van der Waals surface area contributed by atoms with E-state index in [0.29, 0.717) is 0 Å². The standard InChI is InChI=1S/C92H94N6/c1-87-48-15-18-51-90(87,4)96(66-35-29-63(30-36-66)93(7)8)82-45-26-60(54-79(82)87)75-57-76(61-27-46-83-80(55-61)88(2)49-16-19-52-91(88,5)97(83)67-37-31-64(32-38-67)94(9)10)72-43-44-74-78(70-25-21-23-59-22-13-14-24-69(59)70)58-77(73-42-41-71(75)85(72)86(73)74)62-28-47-84-81(56-62)89(3)50-17-20-53-92(89,6)98(84)68-39-33-65(34-40-68)95(11)12/h13-14,21-47,54-58H,15-20,48-53H2,1-12H3. The van der Waals surface area contributed by atoms with E-state index in [4.69, 9.17) is 0 Å². The number of hydrogen-bond donors (Lipinski definition) is 0. The normalized spacial score (nSPS) is 24.6. The van der Waals surface area contributed by atoms with Gasteiger partial charge in [0.15, 0.2) is 0 Å². The van der Waals surface area contributed by atoms with Crippen molar-refractivity contribution in [1.29, 1.82) is 0 Å². The zero-order valence-electron chi connectivity index (χ0n) is 59.8. The molecule has 6 heteroatoms. The van der Waals surface area contributed by atoms with Crippen LogP contribution in [0.4, 0.5) is 51.2 Å². The van der Waals surface area contributed by atoms with E-state index < -0.39 is 0 Å². The Morgan fingerprint density at radius 3 is 0.949 bits per heavy atom. The topological polar surface area (TPSA) is 19.4 Å². The van der Waals surface area contributed by atoms with Crippen LogP contribution in [-0.4, -0.2) is 58.9 Å². The number of anilines is 9. The van der Waals surface area contributed by atoms with Crippen molar-refractivity contribution in [2.45, 2.75) is 151 Å². The number of nitrogens with zero attached hydrogens (tertiary/aromatic N) is 6. The van der Waals surface area contributed by atoms with Gasteiger partial charge in [0.05, 0.1) is 16.6 Å². The van der Waals surface area contributed by atoms with Gasteiger partial charge in [0, 0.05) is 110 Å². The molecule has 6 unspecified atom stereocenters. The van der Waals surface area contributed by atoms with Gasteiger partial charge in [0.2, 0.25) is 0 Å². The Hall–Kier alpha value is -9.26. The second kappa shape index (κ2) is 21.6. The fraction of sp³-hybridized carbons (Fsp3) is 0.326. The van der Waals surface area contributed by atoms with E-state index in [-0.39, 0.29) is 32.9 Å². The van der Waals surface area contributed by atoms with Gasteiger partial charge in [-0.2, -0.15) is 0 Å². The van der Waals surface area contributed by atoms with Crippen molar-refractivity contribution < 1.29 is 0 Å². The lowest BCUT2D eigenvalue weighted by Gasteiger charge is -2.50. The smallest absolute Gasteiger partial charge is 0.0517 e. The summed E-state index contributed by atoms with van der Waals surface area (Å²) < 4.78 is 0. The quantitative estimate of drug-likeness (QED) is 0.126. The van der Waals surface area contributed by atoms with Crippen molar-refractivity contribution in [2.24, 2.45) is 0 Å². The highest BCUT2D eigenvalue weighted by atomic mass is 15.3. The first-order valence-electron chi connectivity index (χ1n) is 36.7. The molecule has 0 saturated heterocycles. The van der Waals surface area contributed by atoms with E-state index in [0.717, 1.165) is 38.5 Å². The second-order valence-electron chi connectivity index (χ2n) is 32.4. The Morgan fingerprint density at radius 2 is 0.592 bits per heavy atom. The molecule has 492 valence electrons. The van der Waals surface area contributed by atoms with Crippen molar-refractivity contribution in [3.63, 3.8) is 0 Å². The van der Waals surface area contributed by atoms with Crippen LogP contribution in [0.5, 0.6) is 0 Å². The average molecular weight is 1280 g/mol. The molecule has 3 aliphatic carbocycles. The van der Waals surface area contributed by atoms with E-state index in [2.05, 4.69) is 319 Å². The third kappa shape index (κ3) is 8.33. The van der Waals surface area contributed by atoms with E-state index in [1.807, 2.05) is 0 Å². The van der Waals surface area contributed by atoms with Crippen LogP contribution < -0.4 is 29.4 Å². The number of fused-ring (bicyclic) bond motifs is 10. The summed E-state index contributed by atoms with van der Waals surface area (Å²) in [6.45, 7) is 15.5. The minimum Gasteiger partial charge on any atom is -0.378 e. The Bertz CT molecular complexity index is 5050. The predicted octanol–water partition coefficient (Wildman–Crippen LogP) is 23.8. The Morgan fingerprint density at radius 1 is 0.276 bits per heavy atom. The van der Waals surface area contributed by atoms with Crippen molar-refractivity contribution in [1.82, 2.24) is 0 Å². The van der Waals surface area contributed by atoms with Crippen LogP contribution in [0, 0.1) is 0 Å². The van der Waals surface area contributed by atoms with Crippen LogP contribution in [0.3, 0.4) is 0 Å². The molecule has 6 atom stereocenters. The van der Waals surface area contributed by atoms with Crippen LogP contribution in [-0.2, 0) is 16.2 Å². The van der Waals surface area contributed by atoms with Gasteiger partial charge in [-0.1, -0.05) is 144 Å². The van der Waals surface area contributed by atoms with Gasteiger partial charge in [-0.05, 0) is 285 Å². The van der Waals surface area contributed by atoms with Gasteiger partial charge in [-0.15, -0.1) is 0 Å². The highest BCUT2D eigenvalue weighted by molar-refractivity contribution is 6.32. The summed E-state index contributed by atoms with van der Waals surface area (Å²) in [6, 6.07) is 82.3. The molecule has 0 bridgehead atoms. The predicted molar refractivity (Wildman–Crippen MR) is 421 cm³/mol. The molecule has 3 heterocycles. The van der Waals surface area contributed by atoms with Gasteiger partial charge in [0.1, 0.15) is 0 Å². The number of benzene rings is 12. The van der Waals surface area contributed by atoms with E-state index in [1.54, 1.807) is 0 Å². The average Bonchev–Trinajstić information content (AvgIpc) is 1.35.